The van der Waals surface area contributed by atoms with Crippen molar-refractivity contribution in [2.24, 2.45) is 0 Å². The van der Waals surface area contributed by atoms with Gasteiger partial charge in [0.25, 0.3) is 0 Å². The largest absolute Gasteiger partial charge is 0.363 e. The molecule has 2 aromatic carbocycles. The number of nitrogens with one attached hydrogen (secondary N) is 1. The van der Waals surface area contributed by atoms with E-state index in [0.717, 1.165) is 27.7 Å². The van der Waals surface area contributed by atoms with E-state index in [-0.39, 0.29) is 6.04 Å². The van der Waals surface area contributed by atoms with Gasteiger partial charge in [-0.05, 0) is 30.9 Å². The number of rotatable bonds is 5. The highest BCUT2D eigenvalue weighted by atomic mass is 32.2. The molecular formula is C20H19N5S. The third kappa shape index (κ3) is 3.15. The molecule has 0 aliphatic heterocycles. The fourth-order valence-electron chi connectivity index (χ4n) is 2.88. The van der Waals surface area contributed by atoms with Crippen molar-refractivity contribution in [2.75, 3.05) is 11.6 Å². The fourth-order valence-corrected chi connectivity index (χ4v) is 3.24. The topological polar surface area (TPSA) is 55.6 Å². The maximum Gasteiger partial charge on any atom is 0.191 e. The second-order valence-electron chi connectivity index (χ2n) is 5.96. The standard InChI is InChI=1S/C20H19N5S/c1-14(15-9-5-3-6-10-15)22-18-17-13-21-25(16-11-7-4-8-12-16)19(17)24-20(23-18)26-2/h3-14H,1-2H3,(H,22,23,24)/t14-/m1/s1. The monoisotopic (exact) mass is 361 g/mol. The summed E-state index contributed by atoms with van der Waals surface area (Å²) < 4.78 is 1.86. The molecule has 0 fully saturated rings. The Morgan fingerprint density at radius 3 is 2.35 bits per heavy atom. The van der Waals surface area contributed by atoms with Crippen molar-refractivity contribution in [3.63, 3.8) is 0 Å². The molecule has 0 bridgehead atoms. The molecule has 26 heavy (non-hydrogen) atoms. The number of anilines is 1. The Morgan fingerprint density at radius 1 is 0.962 bits per heavy atom. The van der Waals surface area contributed by atoms with E-state index in [1.165, 1.54) is 17.3 Å². The van der Waals surface area contributed by atoms with Gasteiger partial charge in [0.1, 0.15) is 5.82 Å². The normalized spacial score (nSPS) is 12.2. The van der Waals surface area contributed by atoms with Crippen molar-refractivity contribution in [2.45, 2.75) is 18.1 Å². The Balaban J connectivity index is 1.79. The third-order valence-corrected chi connectivity index (χ3v) is 4.79. The second-order valence-corrected chi connectivity index (χ2v) is 6.74. The van der Waals surface area contributed by atoms with E-state index < -0.39 is 0 Å². The minimum absolute atomic E-state index is 0.129. The lowest BCUT2D eigenvalue weighted by atomic mass is 10.1. The van der Waals surface area contributed by atoms with Crippen molar-refractivity contribution in [1.29, 1.82) is 0 Å². The van der Waals surface area contributed by atoms with Gasteiger partial charge in [0.05, 0.1) is 17.3 Å². The lowest BCUT2D eigenvalue weighted by Crippen LogP contribution is -2.09. The smallest absolute Gasteiger partial charge is 0.191 e. The maximum absolute atomic E-state index is 4.68. The second kappa shape index (κ2) is 7.17. The first-order chi connectivity index (χ1) is 12.8. The van der Waals surface area contributed by atoms with Crippen LogP contribution in [-0.4, -0.2) is 26.0 Å². The number of aromatic nitrogens is 4. The molecule has 5 nitrogen and oxygen atoms in total. The molecule has 0 saturated carbocycles. The number of benzene rings is 2. The molecule has 0 amide bonds. The van der Waals surface area contributed by atoms with Crippen molar-refractivity contribution >= 4 is 28.6 Å². The van der Waals surface area contributed by atoms with Gasteiger partial charge >= 0.3 is 0 Å². The van der Waals surface area contributed by atoms with Gasteiger partial charge in [-0.1, -0.05) is 60.3 Å². The van der Waals surface area contributed by atoms with Crippen LogP contribution in [0.3, 0.4) is 0 Å². The number of fused-ring (bicyclic) bond motifs is 1. The Morgan fingerprint density at radius 2 is 1.65 bits per heavy atom. The van der Waals surface area contributed by atoms with Crippen LogP contribution in [0.5, 0.6) is 0 Å². The molecule has 0 spiro atoms. The Hall–Kier alpha value is -2.86. The van der Waals surface area contributed by atoms with Gasteiger partial charge < -0.3 is 5.32 Å². The number of para-hydroxylation sites is 1. The van der Waals surface area contributed by atoms with E-state index in [1.54, 1.807) is 0 Å². The van der Waals surface area contributed by atoms with Crippen LogP contribution in [0.25, 0.3) is 16.7 Å². The Bertz CT molecular complexity index is 1010. The van der Waals surface area contributed by atoms with Gasteiger partial charge in [-0.3, -0.25) is 0 Å². The zero-order chi connectivity index (χ0) is 17.9. The van der Waals surface area contributed by atoms with Crippen LogP contribution in [0, 0.1) is 0 Å². The summed E-state index contributed by atoms with van der Waals surface area (Å²) in [4.78, 5) is 9.36. The zero-order valence-corrected chi connectivity index (χ0v) is 15.4. The molecule has 4 rings (SSSR count). The lowest BCUT2D eigenvalue weighted by Gasteiger charge is -2.16. The molecule has 0 aliphatic rings. The molecule has 0 aliphatic carbocycles. The van der Waals surface area contributed by atoms with Crippen molar-refractivity contribution in [3.8, 4) is 5.69 Å². The third-order valence-electron chi connectivity index (χ3n) is 4.24. The van der Waals surface area contributed by atoms with Crippen LogP contribution < -0.4 is 5.32 Å². The quantitative estimate of drug-likeness (QED) is 0.412. The number of hydrogen-bond acceptors (Lipinski definition) is 5. The van der Waals surface area contributed by atoms with Crippen molar-refractivity contribution in [3.05, 3.63) is 72.4 Å². The van der Waals surface area contributed by atoms with Crippen LogP contribution in [-0.2, 0) is 0 Å². The van der Waals surface area contributed by atoms with E-state index >= 15 is 0 Å². The van der Waals surface area contributed by atoms with Crippen LogP contribution >= 0.6 is 11.8 Å². The first-order valence-electron chi connectivity index (χ1n) is 8.43. The van der Waals surface area contributed by atoms with E-state index in [9.17, 15) is 0 Å². The highest BCUT2D eigenvalue weighted by Gasteiger charge is 2.16. The van der Waals surface area contributed by atoms with Gasteiger partial charge in [0, 0.05) is 6.04 Å². The summed E-state index contributed by atoms with van der Waals surface area (Å²) in [7, 11) is 0. The molecule has 4 aromatic rings. The minimum atomic E-state index is 0.129. The van der Waals surface area contributed by atoms with E-state index in [0.29, 0.717) is 0 Å². The van der Waals surface area contributed by atoms with Crippen LogP contribution in [0.2, 0.25) is 0 Å². The first-order valence-corrected chi connectivity index (χ1v) is 9.65. The number of nitrogens with zero attached hydrogens (tertiary/aromatic N) is 4. The molecule has 2 aromatic heterocycles. The average Bonchev–Trinajstić information content (AvgIpc) is 3.13. The maximum atomic E-state index is 4.68. The highest BCUT2D eigenvalue weighted by Crippen LogP contribution is 2.28. The van der Waals surface area contributed by atoms with Gasteiger partial charge in [0.2, 0.25) is 0 Å². The zero-order valence-electron chi connectivity index (χ0n) is 14.6. The molecule has 6 heteroatoms. The summed E-state index contributed by atoms with van der Waals surface area (Å²) in [6.45, 7) is 2.13. The van der Waals surface area contributed by atoms with Crippen LogP contribution in [0.15, 0.2) is 72.0 Å². The SMILES string of the molecule is CSc1nc(N[C@H](C)c2ccccc2)c2cnn(-c3ccccc3)c2n1. The summed E-state index contributed by atoms with van der Waals surface area (Å²) >= 11 is 1.52. The molecule has 0 unspecified atom stereocenters. The number of thioether (sulfide) groups is 1. The fraction of sp³-hybridized carbons (Fsp3) is 0.150. The summed E-state index contributed by atoms with van der Waals surface area (Å²) in [5.74, 6) is 0.804. The van der Waals surface area contributed by atoms with E-state index in [4.69, 9.17) is 0 Å². The highest BCUT2D eigenvalue weighted by molar-refractivity contribution is 7.98. The Labute approximate surface area is 156 Å². The van der Waals surface area contributed by atoms with Crippen LogP contribution in [0.1, 0.15) is 18.5 Å². The van der Waals surface area contributed by atoms with Crippen molar-refractivity contribution in [1.82, 2.24) is 19.7 Å². The van der Waals surface area contributed by atoms with Crippen LogP contribution in [0.4, 0.5) is 5.82 Å². The molecular weight excluding hydrogens is 342 g/mol. The predicted molar refractivity (Wildman–Crippen MR) is 107 cm³/mol. The van der Waals surface area contributed by atoms with Gasteiger partial charge in [0.15, 0.2) is 10.8 Å². The predicted octanol–water partition coefficient (Wildman–Crippen LogP) is 4.71. The van der Waals surface area contributed by atoms with Gasteiger partial charge in [-0.25, -0.2) is 14.6 Å². The van der Waals surface area contributed by atoms with E-state index in [2.05, 4.69) is 39.4 Å². The molecule has 1 N–H and O–H groups in total. The minimum Gasteiger partial charge on any atom is -0.363 e. The summed E-state index contributed by atoms with van der Waals surface area (Å²) in [6, 6.07) is 20.5. The number of hydrogen-bond donors (Lipinski definition) is 1. The van der Waals surface area contributed by atoms with Crippen molar-refractivity contribution < 1.29 is 0 Å². The molecule has 0 saturated heterocycles. The summed E-state index contributed by atoms with van der Waals surface area (Å²) in [6.07, 6.45) is 3.81. The summed E-state index contributed by atoms with van der Waals surface area (Å²) in [5, 5.41) is 9.70. The average molecular weight is 361 g/mol. The molecule has 0 radical (unpaired) electrons. The molecule has 2 heterocycles. The lowest BCUT2D eigenvalue weighted by molar-refractivity contribution is 0.854. The van der Waals surface area contributed by atoms with E-state index in [1.807, 2.05) is 65.7 Å². The molecule has 130 valence electrons. The van der Waals surface area contributed by atoms with Gasteiger partial charge in [-0.15, -0.1) is 0 Å². The molecule has 1 atom stereocenters. The Kier molecular flexibility index (Phi) is 4.58. The van der Waals surface area contributed by atoms with Gasteiger partial charge in [-0.2, -0.15) is 5.10 Å². The first kappa shape index (κ1) is 16.6. The summed E-state index contributed by atoms with van der Waals surface area (Å²) in [5.41, 5.74) is 2.99.